The van der Waals surface area contributed by atoms with Gasteiger partial charge in [-0.2, -0.15) is 0 Å². The zero-order chi connectivity index (χ0) is 18.7. The van der Waals surface area contributed by atoms with Crippen LogP contribution in [0.4, 0.5) is 5.69 Å². The first-order valence-corrected chi connectivity index (χ1v) is 8.75. The molecular weight excluding hydrogens is 328 g/mol. The quantitative estimate of drug-likeness (QED) is 0.838. The second-order valence-corrected chi connectivity index (χ2v) is 6.97. The Bertz CT molecular complexity index is 785. The van der Waals surface area contributed by atoms with Gasteiger partial charge >= 0.3 is 5.97 Å². The van der Waals surface area contributed by atoms with Gasteiger partial charge in [-0.25, -0.2) is 4.79 Å². The predicted molar refractivity (Wildman–Crippen MR) is 101 cm³/mol. The van der Waals surface area contributed by atoms with E-state index in [-0.39, 0.29) is 23.5 Å². The molecule has 2 aromatic carbocycles. The van der Waals surface area contributed by atoms with Gasteiger partial charge in [0.25, 0.3) is 0 Å². The molecule has 1 aliphatic rings. The normalized spacial score (nSPS) is 17.3. The predicted octanol–water partition coefficient (Wildman–Crippen LogP) is 3.42. The highest BCUT2D eigenvalue weighted by atomic mass is 16.5. The summed E-state index contributed by atoms with van der Waals surface area (Å²) in [6.07, 6.45) is 0.744. The summed E-state index contributed by atoms with van der Waals surface area (Å²) in [5.41, 5.74) is 2.07. The lowest BCUT2D eigenvalue weighted by molar-refractivity contribution is -0.133. The fourth-order valence-corrected chi connectivity index (χ4v) is 3.39. The van der Waals surface area contributed by atoms with E-state index < -0.39 is 0 Å². The lowest BCUT2D eigenvalue weighted by atomic mass is 9.92. The van der Waals surface area contributed by atoms with E-state index in [1.54, 1.807) is 24.3 Å². The third-order valence-electron chi connectivity index (χ3n) is 5.01. The van der Waals surface area contributed by atoms with Gasteiger partial charge in [0.05, 0.1) is 18.2 Å². The Balaban J connectivity index is 1.70. The maximum Gasteiger partial charge on any atom is 0.337 e. The standard InChI is InChI=1S/C21H24N2O3/c1-21(2,16-7-5-4-6-8-16)23-14-13-18(19(23)24)22-17-11-9-15(10-12-17)20(25)26-3/h4-12,18,22H,13-14H2,1-3H3. The van der Waals surface area contributed by atoms with Crippen molar-refractivity contribution in [2.75, 3.05) is 19.0 Å². The molecule has 1 heterocycles. The lowest BCUT2D eigenvalue weighted by Crippen LogP contribution is -2.45. The van der Waals surface area contributed by atoms with Crippen molar-refractivity contribution < 1.29 is 14.3 Å². The summed E-state index contributed by atoms with van der Waals surface area (Å²) in [4.78, 5) is 26.4. The highest BCUT2D eigenvalue weighted by Gasteiger charge is 2.40. The van der Waals surface area contributed by atoms with Gasteiger partial charge in [-0.3, -0.25) is 4.79 Å². The van der Waals surface area contributed by atoms with Crippen molar-refractivity contribution in [2.24, 2.45) is 0 Å². The second kappa shape index (κ2) is 7.20. The molecule has 1 atom stereocenters. The molecule has 5 heteroatoms. The van der Waals surface area contributed by atoms with Crippen LogP contribution in [-0.2, 0) is 15.1 Å². The molecule has 1 saturated heterocycles. The number of nitrogens with zero attached hydrogens (tertiary/aromatic N) is 1. The van der Waals surface area contributed by atoms with Crippen LogP contribution >= 0.6 is 0 Å². The summed E-state index contributed by atoms with van der Waals surface area (Å²) >= 11 is 0. The number of hydrogen-bond donors (Lipinski definition) is 1. The zero-order valence-corrected chi connectivity index (χ0v) is 15.4. The van der Waals surface area contributed by atoms with Crippen molar-refractivity contribution in [1.82, 2.24) is 4.90 Å². The topological polar surface area (TPSA) is 58.6 Å². The van der Waals surface area contributed by atoms with Gasteiger partial charge in [-0.1, -0.05) is 30.3 Å². The molecule has 0 bridgehead atoms. The molecule has 1 unspecified atom stereocenters. The maximum absolute atomic E-state index is 12.9. The molecule has 0 radical (unpaired) electrons. The van der Waals surface area contributed by atoms with Crippen LogP contribution in [0.15, 0.2) is 54.6 Å². The number of hydrogen-bond acceptors (Lipinski definition) is 4. The summed E-state index contributed by atoms with van der Waals surface area (Å²) < 4.78 is 4.70. The summed E-state index contributed by atoms with van der Waals surface area (Å²) in [7, 11) is 1.36. The van der Waals surface area contributed by atoms with Gasteiger partial charge in [0, 0.05) is 12.2 Å². The van der Waals surface area contributed by atoms with Crippen molar-refractivity contribution >= 4 is 17.6 Å². The zero-order valence-electron chi connectivity index (χ0n) is 15.4. The van der Waals surface area contributed by atoms with E-state index in [0.717, 1.165) is 17.7 Å². The fourth-order valence-electron chi connectivity index (χ4n) is 3.39. The van der Waals surface area contributed by atoms with Gasteiger partial charge in [0.1, 0.15) is 6.04 Å². The molecule has 1 N–H and O–H groups in total. The van der Waals surface area contributed by atoms with E-state index in [1.807, 2.05) is 23.1 Å². The highest BCUT2D eigenvalue weighted by Crippen LogP contribution is 2.32. The number of anilines is 1. The molecule has 26 heavy (non-hydrogen) atoms. The molecule has 5 nitrogen and oxygen atoms in total. The largest absolute Gasteiger partial charge is 0.465 e. The SMILES string of the molecule is COC(=O)c1ccc(NC2CCN(C(C)(C)c3ccccc3)C2=O)cc1. The van der Waals surface area contributed by atoms with Gasteiger partial charge in [0.2, 0.25) is 5.91 Å². The van der Waals surface area contributed by atoms with Crippen molar-refractivity contribution in [3.63, 3.8) is 0 Å². The first-order chi connectivity index (χ1) is 12.4. The number of esters is 1. The average molecular weight is 352 g/mol. The van der Waals surface area contributed by atoms with E-state index in [0.29, 0.717) is 12.1 Å². The Hall–Kier alpha value is -2.82. The van der Waals surface area contributed by atoms with E-state index in [4.69, 9.17) is 4.74 Å². The minimum absolute atomic E-state index is 0.0934. The summed E-state index contributed by atoms with van der Waals surface area (Å²) in [5, 5.41) is 3.28. The minimum atomic E-state index is -0.371. The Kier molecular flexibility index (Phi) is 4.98. The molecule has 136 valence electrons. The third kappa shape index (κ3) is 3.43. The lowest BCUT2D eigenvalue weighted by Gasteiger charge is -2.36. The van der Waals surface area contributed by atoms with Crippen LogP contribution in [0.5, 0.6) is 0 Å². The molecule has 1 aliphatic heterocycles. The number of carbonyl (C=O) groups excluding carboxylic acids is 2. The number of methoxy groups -OCH3 is 1. The van der Waals surface area contributed by atoms with Gasteiger partial charge < -0.3 is 15.0 Å². The first kappa shape index (κ1) is 18.0. The summed E-state index contributed by atoms with van der Waals surface area (Å²) in [6, 6.07) is 16.8. The number of carbonyl (C=O) groups is 2. The van der Waals surface area contributed by atoms with Gasteiger partial charge in [-0.05, 0) is 50.1 Å². The van der Waals surface area contributed by atoms with Crippen molar-refractivity contribution in [3.8, 4) is 0 Å². The molecule has 1 amide bonds. The Labute approximate surface area is 154 Å². The molecule has 0 saturated carbocycles. The minimum Gasteiger partial charge on any atom is -0.465 e. The van der Waals surface area contributed by atoms with Crippen molar-refractivity contribution in [3.05, 3.63) is 65.7 Å². The van der Waals surface area contributed by atoms with E-state index >= 15 is 0 Å². The van der Waals surface area contributed by atoms with Crippen LogP contribution in [0.3, 0.4) is 0 Å². The monoisotopic (exact) mass is 352 g/mol. The third-order valence-corrected chi connectivity index (χ3v) is 5.01. The molecule has 0 aliphatic carbocycles. The van der Waals surface area contributed by atoms with Crippen LogP contribution in [-0.4, -0.2) is 36.5 Å². The van der Waals surface area contributed by atoms with E-state index in [9.17, 15) is 9.59 Å². The van der Waals surface area contributed by atoms with Crippen LogP contribution in [0.2, 0.25) is 0 Å². The van der Waals surface area contributed by atoms with Crippen molar-refractivity contribution in [1.29, 1.82) is 0 Å². The first-order valence-electron chi connectivity index (χ1n) is 8.75. The number of benzene rings is 2. The number of rotatable bonds is 5. The van der Waals surface area contributed by atoms with Gasteiger partial charge in [-0.15, -0.1) is 0 Å². The smallest absolute Gasteiger partial charge is 0.337 e. The molecule has 1 fully saturated rings. The van der Waals surface area contributed by atoms with Crippen molar-refractivity contribution in [2.45, 2.75) is 31.8 Å². The van der Waals surface area contributed by atoms with E-state index in [2.05, 4.69) is 31.3 Å². The molecule has 0 aromatic heterocycles. The Morgan fingerprint density at radius 1 is 1.12 bits per heavy atom. The van der Waals surface area contributed by atoms with Crippen LogP contribution in [0, 0.1) is 0 Å². The number of ether oxygens (including phenoxy) is 1. The van der Waals surface area contributed by atoms with Crippen LogP contribution < -0.4 is 5.32 Å². The molecule has 3 rings (SSSR count). The summed E-state index contributed by atoms with van der Waals surface area (Å²) in [6.45, 7) is 4.86. The molecular formula is C21H24N2O3. The van der Waals surface area contributed by atoms with E-state index in [1.165, 1.54) is 7.11 Å². The van der Waals surface area contributed by atoms with Crippen LogP contribution in [0.25, 0.3) is 0 Å². The Morgan fingerprint density at radius 3 is 2.38 bits per heavy atom. The van der Waals surface area contributed by atoms with Gasteiger partial charge in [0.15, 0.2) is 0 Å². The number of amides is 1. The fraction of sp³-hybridized carbons (Fsp3) is 0.333. The molecule has 0 spiro atoms. The van der Waals surface area contributed by atoms with Crippen LogP contribution in [0.1, 0.15) is 36.2 Å². The maximum atomic E-state index is 12.9. The number of likely N-dealkylation sites (tertiary alicyclic amines) is 1. The molecule has 2 aromatic rings. The average Bonchev–Trinajstić information content (AvgIpc) is 3.03. The summed E-state index contributed by atoms with van der Waals surface area (Å²) in [5.74, 6) is -0.278. The number of nitrogens with one attached hydrogen (secondary N) is 1. The highest BCUT2D eigenvalue weighted by molar-refractivity contribution is 5.90. The Morgan fingerprint density at radius 2 is 1.77 bits per heavy atom. The second-order valence-electron chi connectivity index (χ2n) is 6.97.